The zero-order chi connectivity index (χ0) is 14.4. The summed E-state index contributed by atoms with van der Waals surface area (Å²) < 4.78 is 4.96. The monoisotopic (exact) mass is 296 g/mol. The lowest BCUT2D eigenvalue weighted by Gasteiger charge is -2.15. The molecule has 1 aliphatic heterocycles. The van der Waals surface area contributed by atoms with Gasteiger partial charge in [0, 0.05) is 38.0 Å². The van der Waals surface area contributed by atoms with Crippen LogP contribution in [-0.2, 0) is 20.7 Å². The van der Waals surface area contributed by atoms with E-state index in [4.69, 9.17) is 4.74 Å². The Morgan fingerprint density at radius 1 is 1.60 bits per heavy atom. The van der Waals surface area contributed by atoms with Crippen LogP contribution >= 0.6 is 11.3 Å². The van der Waals surface area contributed by atoms with Crippen molar-refractivity contribution in [3.8, 4) is 0 Å². The molecule has 20 heavy (non-hydrogen) atoms. The van der Waals surface area contributed by atoms with Crippen molar-refractivity contribution in [3.63, 3.8) is 0 Å². The van der Waals surface area contributed by atoms with Crippen LogP contribution in [0, 0.1) is 5.92 Å². The molecule has 1 aromatic heterocycles. The van der Waals surface area contributed by atoms with E-state index < -0.39 is 0 Å². The second kappa shape index (κ2) is 7.40. The highest BCUT2D eigenvalue weighted by atomic mass is 32.1. The third-order valence-corrected chi connectivity index (χ3v) is 4.34. The molecule has 1 N–H and O–H groups in total. The first-order valence-electron chi connectivity index (χ1n) is 6.77. The molecule has 1 fully saturated rings. The Balaban J connectivity index is 1.71. The van der Waals surface area contributed by atoms with Gasteiger partial charge < -0.3 is 15.0 Å². The predicted octanol–water partition coefficient (Wildman–Crippen LogP) is 0.902. The first kappa shape index (κ1) is 15.0. The first-order chi connectivity index (χ1) is 9.70. The quantitative estimate of drug-likeness (QED) is 0.813. The Hall–Kier alpha value is -1.40. The van der Waals surface area contributed by atoms with Gasteiger partial charge in [0.05, 0.1) is 12.5 Å². The summed E-state index contributed by atoms with van der Waals surface area (Å²) in [5.41, 5.74) is 0. The number of rotatable bonds is 7. The van der Waals surface area contributed by atoms with Crippen molar-refractivity contribution in [2.24, 2.45) is 5.92 Å². The minimum absolute atomic E-state index is 0.0187. The van der Waals surface area contributed by atoms with Crippen LogP contribution in [-0.4, -0.2) is 50.1 Å². The number of methoxy groups -OCH3 is 1. The zero-order valence-electron chi connectivity index (χ0n) is 11.6. The van der Waals surface area contributed by atoms with Crippen LogP contribution in [0.15, 0.2) is 17.5 Å². The lowest BCUT2D eigenvalue weighted by atomic mass is 10.1. The summed E-state index contributed by atoms with van der Waals surface area (Å²) in [5.74, 6) is -0.196. The minimum atomic E-state index is -0.220. The van der Waals surface area contributed by atoms with Crippen LogP contribution in [0.1, 0.15) is 11.3 Å². The fourth-order valence-electron chi connectivity index (χ4n) is 2.27. The molecule has 2 rings (SSSR count). The maximum Gasteiger partial charge on any atom is 0.225 e. The van der Waals surface area contributed by atoms with Crippen LogP contribution in [0.4, 0.5) is 0 Å². The Morgan fingerprint density at radius 2 is 2.45 bits per heavy atom. The van der Waals surface area contributed by atoms with Crippen molar-refractivity contribution in [2.75, 3.05) is 33.4 Å². The molecular formula is C14H20N2O3S. The van der Waals surface area contributed by atoms with Gasteiger partial charge >= 0.3 is 0 Å². The van der Waals surface area contributed by atoms with E-state index in [-0.39, 0.29) is 17.7 Å². The van der Waals surface area contributed by atoms with Crippen LogP contribution in [0.25, 0.3) is 0 Å². The SMILES string of the molecule is COCCN1CC(C(=O)NCCc2cccs2)CC1=O. The van der Waals surface area contributed by atoms with Gasteiger partial charge in [0.1, 0.15) is 0 Å². The van der Waals surface area contributed by atoms with Crippen molar-refractivity contribution >= 4 is 23.2 Å². The van der Waals surface area contributed by atoms with Gasteiger partial charge in [-0.2, -0.15) is 0 Å². The second-order valence-electron chi connectivity index (χ2n) is 4.85. The highest BCUT2D eigenvalue weighted by Crippen LogP contribution is 2.17. The van der Waals surface area contributed by atoms with Crippen molar-refractivity contribution in [3.05, 3.63) is 22.4 Å². The predicted molar refractivity (Wildman–Crippen MR) is 77.6 cm³/mol. The molecule has 6 heteroatoms. The molecule has 1 saturated heterocycles. The summed E-state index contributed by atoms with van der Waals surface area (Å²) in [5, 5.41) is 4.95. The number of nitrogens with zero attached hydrogens (tertiary/aromatic N) is 1. The molecule has 1 atom stereocenters. The molecule has 0 aliphatic carbocycles. The molecule has 2 heterocycles. The van der Waals surface area contributed by atoms with E-state index in [2.05, 4.69) is 11.4 Å². The normalized spacial score (nSPS) is 18.6. The van der Waals surface area contributed by atoms with Gasteiger partial charge in [0.15, 0.2) is 0 Å². The number of hydrogen-bond donors (Lipinski definition) is 1. The summed E-state index contributed by atoms with van der Waals surface area (Å²) in [4.78, 5) is 26.7. The smallest absolute Gasteiger partial charge is 0.225 e. The molecule has 0 spiro atoms. The largest absolute Gasteiger partial charge is 0.383 e. The molecule has 1 unspecified atom stereocenters. The number of nitrogens with one attached hydrogen (secondary N) is 1. The molecule has 5 nitrogen and oxygen atoms in total. The van der Waals surface area contributed by atoms with E-state index >= 15 is 0 Å². The average molecular weight is 296 g/mol. The maximum atomic E-state index is 12.0. The number of carbonyl (C=O) groups is 2. The van der Waals surface area contributed by atoms with E-state index in [1.807, 2.05) is 11.4 Å². The molecule has 1 aromatic rings. The third-order valence-electron chi connectivity index (χ3n) is 3.40. The Morgan fingerprint density at radius 3 is 3.15 bits per heavy atom. The van der Waals surface area contributed by atoms with Crippen molar-refractivity contribution < 1.29 is 14.3 Å². The molecule has 1 aliphatic rings. The zero-order valence-corrected chi connectivity index (χ0v) is 12.4. The summed E-state index contributed by atoms with van der Waals surface area (Å²) in [7, 11) is 1.61. The summed E-state index contributed by atoms with van der Waals surface area (Å²) in [6.45, 7) is 2.21. The first-order valence-corrected chi connectivity index (χ1v) is 7.65. The molecule has 0 bridgehead atoms. The van der Waals surface area contributed by atoms with Crippen LogP contribution in [0.5, 0.6) is 0 Å². The Labute approximate surface area is 122 Å². The minimum Gasteiger partial charge on any atom is -0.383 e. The third kappa shape index (κ3) is 4.05. The molecule has 0 radical (unpaired) electrons. The standard InChI is InChI=1S/C14H20N2O3S/c1-19-7-6-16-10-11(9-13(16)17)14(18)15-5-4-12-3-2-8-20-12/h2-3,8,11H,4-7,9-10H2,1H3,(H,15,18). The van der Waals surface area contributed by atoms with E-state index in [1.165, 1.54) is 4.88 Å². The fraction of sp³-hybridized carbons (Fsp3) is 0.571. The topological polar surface area (TPSA) is 58.6 Å². The fourth-order valence-corrected chi connectivity index (χ4v) is 2.98. The molecule has 0 saturated carbocycles. The number of likely N-dealkylation sites (tertiary alicyclic amines) is 1. The van der Waals surface area contributed by atoms with Crippen LogP contribution in [0.3, 0.4) is 0 Å². The van der Waals surface area contributed by atoms with E-state index in [0.717, 1.165) is 6.42 Å². The number of thiophene rings is 1. The van der Waals surface area contributed by atoms with Crippen molar-refractivity contribution in [2.45, 2.75) is 12.8 Å². The highest BCUT2D eigenvalue weighted by molar-refractivity contribution is 7.09. The van der Waals surface area contributed by atoms with Crippen molar-refractivity contribution in [1.29, 1.82) is 0 Å². The van der Waals surface area contributed by atoms with Gasteiger partial charge in [-0.15, -0.1) is 11.3 Å². The summed E-state index contributed by atoms with van der Waals surface area (Å²) >= 11 is 1.69. The second-order valence-corrected chi connectivity index (χ2v) is 5.89. The van der Waals surface area contributed by atoms with Crippen molar-refractivity contribution in [1.82, 2.24) is 10.2 Å². The van der Waals surface area contributed by atoms with Gasteiger partial charge in [-0.05, 0) is 17.9 Å². The number of ether oxygens (including phenoxy) is 1. The van der Waals surface area contributed by atoms with E-state index in [9.17, 15) is 9.59 Å². The van der Waals surface area contributed by atoms with Gasteiger partial charge in [0.25, 0.3) is 0 Å². The lowest BCUT2D eigenvalue weighted by Crippen LogP contribution is -2.34. The van der Waals surface area contributed by atoms with Gasteiger partial charge in [0.2, 0.25) is 11.8 Å². The number of amides is 2. The number of carbonyl (C=O) groups excluding carboxylic acids is 2. The Bertz CT molecular complexity index is 447. The molecule has 110 valence electrons. The van der Waals surface area contributed by atoms with E-state index in [1.54, 1.807) is 23.3 Å². The van der Waals surface area contributed by atoms with Gasteiger partial charge in [-0.25, -0.2) is 0 Å². The van der Waals surface area contributed by atoms with Gasteiger partial charge in [-0.3, -0.25) is 9.59 Å². The maximum absolute atomic E-state index is 12.0. The summed E-state index contributed by atoms with van der Waals surface area (Å²) in [6.07, 6.45) is 1.16. The molecule has 2 amide bonds. The Kier molecular flexibility index (Phi) is 5.55. The lowest BCUT2D eigenvalue weighted by molar-refractivity contribution is -0.129. The van der Waals surface area contributed by atoms with Crippen LogP contribution < -0.4 is 5.32 Å². The summed E-state index contributed by atoms with van der Waals surface area (Å²) in [6, 6.07) is 4.06. The number of hydrogen-bond acceptors (Lipinski definition) is 4. The molecular weight excluding hydrogens is 276 g/mol. The average Bonchev–Trinajstić information content (AvgIpc) is 3.06. The van der Waals surface area contributed by atoms with E-state index in [0.29, 0.717) is 32.7 Å². The highest BCUT2D eigenvalue weighted by Gasteiger charge is 2.33. The van der Waals surface area contributed by atoms with Gasteiger partial charge in [-0.1, -0.05) is 6.07 Å². The van der Waals surface area contributed by atoms with Crippen LogP contribution in [0.2, 0.25) is 0 Å². The molecule has 0 aromatic carbocycles.